The molecule has 0 heterocycles. The van der Waals surface area contributed by atoms with Crippen LogP contribution in [0.2, 0.25) is 0 Å². The quantitative estimate of drug-likeness (QED) is 0.0158. The summed E-state index contributed by atoms with van der Waals surface area (Å²) < 4.78 is 120. The van der Waals surface area contributed by atoms with E-state index in [-0.39, 0.29) is 19.3 Å². The first kappa shape index (κ1) is 88.3. The lowest BCUT2D eigenvalue weighted by Crippen LogP contribution is -2.66. The molecule has 2 N–H and O–H groups in total. The van der Waals surface area contributed by atoms with Gasteiger partial charge in [0.15, 0.2) is 12.2 Å². The van der Waals surface area contributed by atoms with E-state index in [1.165, 1.54) is 103 Å². The summed E-state index contributed by atoms with van der Waals surface area (Å²) in [6.45, 7) is 2.12. The van der Waals surface area contributed by atoms with E-state index in [4.69, 9.17) is 54.9 Å². The Labute approximate surface area is 624 Å². The highest BCUT2D eigenvalue weighted by atomic mass is 31.2. The molecule has 8 atom stereocenters. The van der Waals surface area contributed by atoms with E-state index in [2.05, 4.69) is 13.8 Å². The number of carbonyl (C=O) groups excluding carboxylic acids is 4. The van der Waals surface area contributed by atoms with Gasteiger partial charge in [-0.25, -0.2) is 13.7 Å². The lowest BCUT2D eigenvalue weighted by atomic mass is 9.85. The number of esters is 3. The Bertz CT molecular complexity index is 3200. The molecular weight excluding hydrogens is 1400 g/mol. The van der Waals surface area contributed by atoms with Crippen molar-refractivity contribution in [2.75, 3.05) is 13.2 Å². The van der Waals surface area contributed by atoms with Gasteiger partial charge in [0.25, 0.3) is 0 Å². The van der Waals surface area contributed by atoms with Gasteiger partial charge in [0.2, 0.25) is 0 Å². The minimum atomic E-state index is -5.42. The molecule has 1 fully saturated rings. The highest BCUT2D eigenvalue weighted by Gasteiger charge is 2.60. The maximum atomic E-state index is 16.1. The Balaban J connectivity index is 1.34. The molecule has 582 valence electrons. The molecule has 0 radical (unpaired) electrons. The fraction of sp³-hybridized carbons (Fsp3) is 0.580. The van der Waals surface area contributed by atoms with Crippen molar-refractivity contribution in [2.24, 2.45) is 0 Å². The van der Waals surface area contributed by atoms with Crippen LogP contribution >= 0.6 is 23.5 Å². The number of phosphoric ester groups is 3. The van der Waals surface area contributed by atoms with Crippen LogP contribution in [0, 0.1) is 0 Å². The number of Topliss-reactive ketones (excluding diaryl/α,β-unsaturated/α-hetero) is 1. The number of rotatable bonds is 59. The standard InChI is InChI=1S/C81H117O21P3/c1-4-6-8-10-12-14-16-18-20-22-24-26-43-55-73(83)91-64-72(98-74(84)56-44-27-25-23-21-19-17-15-13-11-9-7-5-2)65-97-105(90,96-63-71-53-41-32-42-54-71)102-80-77(87)78(100-103(88,92-59-67-45-33-28-34-46-67)93-60-68-47-35-29-36-48-68)76(86)79(81(80)99-75(85)58-57-66(3)82)101-104(89,94-61-69-49-37-30-38-50-69)95-62-70-51-39-31-40-52-70/h28-42,45-54,72,76-81,86-87H,4-27,43-44,55-65H2,1-3H3/t72-,76-,77-,78-,79+,80-,81-,105?/m1/s1. The molecule has 0 spiro atoms. The zero-order valence-corrected chi connectivity index (χ0v) is 64.8. The molecule has 0 amide bonds. The van der Waals surface area contributed by atoms with Crippen LogP contribution in [-0.2, 0) is 121 Å². The topological polar surface area (TPSA) is 271 Å². The highest BCUT2D eigenvalue weighted by molar-refractivity contribution is 7.49. The maximum Gasteiger partial charge on any atom is 0.475 e. The fourth-order valence-electron chi connectivity index (χ4n) is 11.9. The Morgan fingerprint density at radius 2 is 0.619 bits per heavy atom. The normalized spacial score (nSPS) is 17.7. The monoisotopic (exact) mass is 1520 g/mol. The van der Waals surface area contributed by atoms with Crippen LogP contribution in [0.4, 0.5) is 0 Å². The molecule has 0 saturated heterocycles. The van der Waals surface area contributed by atoms with Crippen LogP contribution in [0.5, 0.6) is 0 Å². The molecule has 1 saturated carbocycles. The second-order valence-electron chi connectivity index (χ2n) is 27.1. The van der Waals surface area contributed by atoms with E-state index in [1.54, 1.807) is 152 Å². The number of ether oxygens (including phenoxy) is 3. The van der Waals surface area contributed by atoms with Crippen molar-refractivity contribution in [3.05, 3.63) is 179 Å². The largest absolute Gasteiger partial charge is 0.475 e. The Morgan fingerprint density at radius 1 is 0.333 bits per heavy atom. The molecule has 105 heavy (non-hydrogen) atoms. The molecule has 5 aromatic rings. The predicted molar refractivity (Wildman–Crippen MR) is 403 cm³/mol. The molecular formula is C81H117O21P3. The Morgan fingerprint density at radius 3 is 0.933 bits per heavy atom. The summed E-state index contributed by atoms with van der Waals surface area (Å²) in [5, 5.41) is 26.0. The van der Waals surface area contributed by atoms with E-state index >= 15 is 13.7 Å². The maximum absolute atomic E-state index is 16.1. The van der Waals surface area contributed by atoms with Crippen molar-refractivity contribution < 1.29 is 98.0 Å². The van der Waals surface area contributed by atoms with Gasteiger partial charge in [0.05, 0.1) is 46.1 Å². The van der Waals surface area contributed by atoms with E-state index in [9.17, 15) is 29.4 Å². The summed E-state index contributed by atoms with van der Waals surface area (Å²) in [7, 11) is -15.7. The smallest absolute Gasteiger partial charge is 0.462 e. The SMILES string of the molecule is CCCCCCCCCCCCCCCC(=O)OC[C@H](COP(=O)(OCc1ccccc1)O[C@@H]1[C@H](O)[C@H](OP(=O)(OCc2ccccc2)OCc2ccccc2)[C@@H](O)[C@H](OP(=O)(OCc2ccccc2)OCc2ccccc2)[C@H]1OC(=O)CCC(C)=O)OC(=O)CCCCCCCCCCCCCCC. The fourth-order valence-corrected chi connectivity index (χ4v) is 16.0. The minimum absolute atomic E-state index is 0.00214. The highest BCUT2D eigenvalue weighted by Crippen LogP contribution is 2.59. The second kappa shape index (κ2) is 51.7. The lowest BCUT2D eigenvalue weighted by molar-refractivity contribution is -0.227. The van der Waals surface area contributed by atoms with E-state index < -0.39 is 143 Å². The summed E-state index contributed by atoms with van der Waals surface area (Å²) in [5.74, 6) is -2.80. The van der Waals surface area contributed by atoms with Gasteiger partial charge in [0, 0.05) is 19.3 Å². The van der Waals surface area contributed by atoms with Crippen LogP contribution in [-0.4, -0.2) is 89.8 Å². The van der Waals surface area contributed by atoms with Crippen LogP contribution in [0.1, 0.15) is 241 Å². The van der Waals surface area contributed by atoms with Crippen LogP contribution in [0.3, 0.4) is 0 Å². The van der Waals surface area contributed by atoms with Crippen molar-refractivity contribution in [3.8, 4) is 0 Å². The number of hydrogen-bond donors (Lipinski definition) is 2. The molecule has 1 aliphatic rings. The molecule has 0 aromatic heterocycles. The second-order valence-corrected chi connectivity index (χ2v) is 31.9. The number of aliphatic hydroxyl groups is 2. The van der Waals surface area contributed by atoms with Crippen LogP contribution in [0.25, 0.3) is 0 Å². The molecule has 5 aromatic carbocycles. The molecule has 24 heteroatoms. The van der Waals surface area contributed by atoms with Gasteiger partial charge in [-0.2, -0.15) is 0 Å². The van der Waals surface area contributed by atoms with Crippen molar-refractivity contribution in [1.82, 2.24) is 0 Å². The van der Waals surface area contributed by atoms with E-state index in [0.717, 1.165) is 57.8 Å². The summed E-state index contributed by atoms with van der Waals surface area (Å²) in [6.07, 6.45) is 12.2. The van der Waals surface area contributed by atoms with Gasteiger partial charge in [-0.1, -0.05) is 320 Å². The first-order chi connectivity index (χ1) is 51.0. The number of aliphatic hydroxyl groups excluding tert-OH is 2. The average molecular weight is 1520 g/mol. The van der Waals surface area contributed by atoms with Gasteiger partial charge >= 0.3 is 41.4 Å². The van der Waals surface area contributed by atoms with Crippen molar-refractivity contribution >= 4 is 47.2 Å². The molecule has 21 nitrogen and oxygen atoms in total. The van der Waals surface area contributed by atoms with Crippen molar-refractivity contribution in [3.63, 3.8) is 0 Å². The Kier molecular flexibility index (Phi) is 43.5. The third-order valence-electron chi connectivity index (χ3n) is 18.0. The van der Waals surface area contributed by atoms with Gasteiger partial charge in [-0.3, -0.25) is 55.1 Å². The summed E-state index contributed by atoms with van der Waals surface area (Å²) in [5.41, 5.74) is 2.42. The number of unbranched alkanes of at least 4 members (excludes halogenated alkanes) is 24. The zero-order valence-electron chi connectivity index (χ0n) is 62.1. The number of hydrogen-bond acceptors (Lipinski definition) is 21. The van der Waals surface area contributed by atoms with E-state index in [0.29, 0.717) is 40.7 Å². The van der Waals surface area contributed by atoms with Crippen LogP contribution in [0.15, 0.2) is 152 Å². The molecule has 1 unspecified atom stereocenters. The third-order valence-corrected chi connectivity index (χ3v) is 22.2. The minimum Gasteiger partial charge on any atom is -0.462 e. The predicted octanol–water partition coefficient (Wildman–Crippen LogP) is 20.0. The molecule has 0 bridgehead atoms. The molecule has 1 aliphatic carbocycles. The molecule has 0 aliphatic heterocycles. The van der Waals surface area contributed by atoms with Gasteiger partial charge in [-0.15, -0.1) is 0 Å². The van der Waals surface area contributed by atoms with Gasteiger partial charge in [0.1, 0.15) is 42.9 Å². The number of ketones is 1. The van der Waals surface area contributed by atoms with Crippen molar-refractivity contribution in [2.45, 2.75) is 289 Å². The summed E-state index contributed by atoms with van der Waals surface area (Å²) in [4.78, 5) is 54.1. The van der Waals surface area contributed by atoms with Gasteiger partial charge < -0.3 is 29.2 Å². The van der Waals surface area contributed by atoms with Crippen molar-refractivity contribution in [1.29, 1.82) is 0 Å². The zero-order chi connectivity index (χ0) is 75.1. The van der Waals surface area contributed by atoms with Gasteiger partial charge in [-0.05, 0) is 47.6 Å². The third kappa shape index (κ3) is 36.9. The number of carbonyl (C=O) groups is 4. The number of benzene rings is 5. The lowest BCUT2D eigenvalue weighted by Gasteiger charge is -2.46. The first-order valence-corrected chi connectivity index (χ1v) is 42.7. The summed E-state index contributed by atoms with van der Waals surface area (Å²) >= 11 is 0. The van der Waals surface area contributed by atoms with Crippen LogP contribution < -0.4 is 0 Å². The first-order valence-electron chi connectivity index (χ1n) is 38.3. The average Bonchev–Trinajstić information content (AvgIpc) is 0.754. The van der Waals surface area contributed by atoms with E-state index in [1.807, 2.05) is 0 Å². The number of phosphoric acid groups is 3. The summed E-state index contributed by atoms with van der Waals surface area (Å²) in [6, 6.07) is 42.5. The molecule has 6 rings (SSSR count). The Hall–Kier alpha value is -5.57.